The summed E-state index contributed by atoms with van der Waals surface area (Å²) in [6.45, 7) is 0.0720. The fraction of sp³-hybridized carbons (Fsp3) is 0.111. The molecule has 0 spiro atoms. The van der Waals surface area contributed by atoms with E-state index in [0.717, 1.165) is 20.9 Å². The van der Waals surface area contributed by atoms with Crippen molar-refractivity contribution < 1.29 is 5.11 Å². The summed E-state index contributed by atoms with van der Waals surface area (Å²) >= 11 is 3.44. The highest BCUT2D eigenvalue weighted by molar-refractivity contribution is 9.10. The minimum atomic E-state index is 0.0720. The zero-order chi connectivity index (χ0) is 8.55. The molecule has 2 N–H and O–H groups in total. The van der Waals surface area contributed by atoms with Crippen molar-refractivity contribution in [1.29, 1.82) is 0 Å². The molecule has 1 heterocycles. The quantitative estimate of drug-likeness (QED) is 0.769. The summed E-state index contributed by atoms with van der Waals surface area (Å²) in [4.78, 5) is 3.09. The van der Waals surface area contributed by atoms with Gasteiger partial charge in [-0.25, -0.2) is 0 Å². The molecule has 0 bridgehead atoms. The van der Waals surface area contributed by atoms with Crippen LogP contribution in [0, 0.1) is 0 Å². The summed E-state index contributed by atoms with van der Waals surface area (Å²) in [5, 5.41) is 10.1. The second kappa shape index (κ2) is 2.92. The van der Waals surface area contributed by atoms with Crippen LogP contribution in [-0.2, 0) is 6.61 Å². The Labute approximate surface area is 78.3 Å². The van der Waals surface area contributed by atoms with Crippen molar-refractivity contribution in [2.24, 2.45) is 0 Å². The van der Waals surface area contributed by atoms with E-state index in [9.17, 15) is 0 Å². The number of benzene rings is 1. The first-order valence-electron chi connectivity index (χ1n) is 3.68. The van der Waals surface area contributed by atoms with Crippen LogP contribution in [0.5, 0.6) is 0 Å². The highest BCUT2D eigenvalue weighted by atomic mass is 79.9. The lowest BCUT2D eigenvalue weighted by molar-refractivity contribution is 0.283. The standard InChI is InChI=1S/C9H8BrNO/c10-7-2-1-3-8-9(7)6(5-12)4-11-8/h1-4,11-12H,5H2. The minimum Gasteiger partial charge on any atom is -0.392 e. The normalized spacial score (nSPS) is 10.8. The van der Waals surface area contributed by atoms with E-state index in [1.165, 1.54) is 0 Å². The van der Waals surface area contributed by atoms with Gasteiger partial charge in [-0.1, -0.05) is 22.0 Å². The van der Waals surface area contributed by atoms with Crippen molar-refractivity contribution in [3.63, 3.8) is 0 Å². The summed E-state index contributed by atoms with van der Waals surface area (Å²) in [7, 11) is 0. The number of nitrogens with one attached hydrogen (secondary N) is 1. The predicted octanol–water partition coefficient (Wildman–Crippen LogP) is 2.42. The second-order valence-electron chi connectivity index (χ2n) is 2.63. The Morgan fingerprint density at radius 3 is 3.00 bits per heavy atom. The zero-order valence-corrected chi connectivity index (χ0v) is 7.93. The maximum Gasteiger partial charge on any atom is 0.0703 e. The van der Waals surface area contributed by atoms with Gasteiger partial charge in [-0.3, -0.25) is 0 Å². The van der Waals surface area contributed by atoms with Gasteiger partial charge >= 0.3 is 0 Å². The molecule has 0 atom stereocenters. The number of hydrogen-bond donors (Lipinski definition) is 2. The SMILES string of the molecule is OCc1c[nH]c2cccc(Br)c12. The topological polar surface area (TPSA) is 36.0 Å². The van der Waals surface area contributed by atoms with E-state index in [1.807, 2.05) is 24.4 Å². The number of aliphatic hydroxyl groups is 1. The molecule has 12 heavy (non-hydrogen) atoms. The second-order valence-corrected chi connectivity index (χ2v) is 3.49. The first kappa shape index (κ1) is 7.83. The van der Waals surface area contributed by atoms with E-state index in [2.05, 4.69) is 20.9 Å². The Morgan fingerprint density at radius 1 is 1.42 bits per heavy atom. The largest absolute Gasteiger partial charge is 0.392 e. The Morgan fingerprint density at radius 2 is 2.25 bits per heavy atom. The van der Waals surface area contributed by atoms with Crippen molar-refractivity contribution in [1.82, 2.24) is 4.98 Å². The average molecular weight is 226 g/mol. The molecule has 0 radical (unpaired) electrons. The maximum absolute atomic E-state index is 9.01. The number of H-pyrrole nitrogens is 1. The van der Waals surface area contributed by atoms with Gasteiger partial charge in [0.1, 0.15) is 0 Å². The lowest BCUT2D eigenvalue weighted by Gasteiger charge is -1.95. The molecule has 2 rings (SSSR count). The van der Waals surface area contributed by atoms with Crippen LogP contribution in [0.25, 0.3) is 10.9 Å². The van der Waals surface area contributed by atoms with E-state index >= 15 is 0 Å². The smallest absolute Gasteiger partial charge is 0.0703 e. The summed E-state index contributed by atoms with van der Waals surface area (Å²) in [5.41, 5.74) is 1.98. The van der Waals surface area contributed by atoms with E-state index in [4.69, 9.17) is 5.11 Å². The van der Waals surface area contributed by atoms with E-state index in [0.29, 0.717) is 0 Å². The van der Waals surface area contributed by atoms with Gasteiger partial charge in [0, 0.05) is 27.1 Å². The fourth-order valence-corrected chi connectivity index (χ4v) is 1.95. The number of aromatic nitrogens is 1. The molecular formula is C9H8BrNO. The molecule has 1 aromatic carbocycles. The van der Waals surface area contributed by atoms with Crippen LogP contribution in [-0.4, -0.2) is 10.1 Å². The average Bonchev–Trinajstić information content (AvgIpc) is 2.49. The van der Waals surface area contributed by atoms with Gasteiger partial charge < -0.3 is 10.1 Å². The van der Waals surface area contributed by atoms with Crippen molar-refractivity contribution >= 4 is 26.8 Å². The van der Waals surface area contributed by atoms with Crippen LogP contribution in [0.2, 0.25) is 0 Å². The summed E-state index contributed by atoms with van der Waals surface area (Å²) in [6.07, 6.45) is 1.83. The van der Waals surface area contributed by atoms with Gasteiger partial charge in [-0.15, -0.1) is 0 Å². The molecule has 0 amide bonds. The van der Waals surface area contributed by atoms with Crippen LogP contribution in [0.4, 0.5) is 0 Å². The van der Waals surface area contributed by atoms with Gasteiger partial charge in [0.15, 0.2) is 0 Å². The number of rotatable bonds is 1. The molecule has 0 aliphatic rings. The molecule has 62 valence electrons. The van der Waals surface area contributed by atoms with Crippen molar-refractivity contribution in [3.8, 4) is 0 Å². The van der Waals surface area contributed by atoms with Crippen molar-refractivity contribution in [2.75, 3.05) is 0 Å². The van der Waals surface area contributed by atoms with Crippen molar-refractivity contribution in [2.45, 2.75) is 6.61 Å². The monoisotopic (exact) mass is 225 g/mol. The highest BCUT2D eigenvalue weighted by Gasteiger charge is 2.04. The number of aromatic amines is 1. The Bertz CT molecular complexity index is 408. The van der Waals surface area contributed by atoms with Gasteiger partial charge in [0.25, 0.3) is 0 Å². The summed E-state index contributed by atoms with van der Waals surface area (Å²) < 4.78 is 1.02. The number of aliphatic hydroxyl groups excluding tert-OH is 1. The van der Waals surface area contributed by atoms with Gasteiger partial charge in [-0.05, 0) is 12.1 Å². The third-order valence-corrected chi connectivity index (χ3v) is 2.57. The molecule has 0 unspecified atom stereocenters. The number of hydrogen-bond acceptors (Lipinski definition) is 1. The molecule has 0 fully saturated rings. The molecule has 0 saturated carbocycles. The minimum absolute atomic E-state index is 0.0720. The van der Waals surface area contributed by atoms with Crippen LogP contribution in [0.15, 0.2) is 28.9 Å². The highest BCUT2D eigenvalue weighted by Crippen LogP contribution is 2.26. The van der Waals surface area contributed by atoms with E-state index < -0.39 is 0 Å². The maximum atomic E-state index is 9.01. The predicted molar refractivity (Wildman–Crippen MR) is 51.9 cm³/mol. The molecule has 0 saturated heterocycles. The lowest BCUT2D eigenvalue weighted by atomic mass is 10.2. The fourth-order valence-electron chi connectivity index (χ4n) is 1.33. The molecule has 2 nitrogen and oxygen atoms in total. The number of fused-ring (bicyclic) bond motifs is 1. The van der Waals surface area contributed by atoms with Crippen LogP contribution in [0.1, 0.15) is 5.56 Å². The summed E-state index contributed by atoms with van der Waals surface area (Å²) in [6, 6.07) is 5.92. The van der Waals surface area contributed by atoms with Gasteiger partial charge in [0.05, 0.1) is 6.61 Å². The molecule has 1 aromatic heterocycles. The zero-order valence-electron chi connectivity index (χ0n) is 6.34. The molecule has 3 heteroatoms. The molecular weight excluding hydrogens is 218 g/mol. The van der Waals surface area contributed by atoms with E-state index in [-0.39, 0.29) is 6.61 Å². The molecule has 2 aromatic rings. The third-order valence-electron chi connectivity index (χ3n) is 1.91. The number of halogens is 1. The van der Waals surface area contributed by atoms with Crippen LogP contribution in [0.3, 0.4) is 0 Å². The first-order valence-corrected chi connectivity index (χ1v) is 4.47. The Balaban J connectivity index is 2.83. The first-order chi connectivity index (χ1) is 5.83. The molecule has 0 aliphatic heterocycles. The summed E-state index contributed by atoms with van der Waals surface area (Å²) in [5.74, 6) is 0. The Hall–Kier alpha value is -0.800. The van der Waals surface area contributed by atoms with Gasteiger partial charge in [-0.2, -0.15) is 0 Å². The van der Waals surface area contributed by atoms with Gasteiger partial charge in [0.2, 0.25) is 0 Å². The molecule has 0 aliphatic carbocycles. The Kier molecular flexibility index (Phi) is 1.90. The third kappa shape index (κ3) is 1.06. The van der Waals surface area contributed by atoms with Crippen molar-refractivity contribution in [3.05, 3.63) is 34.4 Å². The van der Waals surface area contributed by atoms with Crippen LogP contribution >= 0.6 is 15.9 Å². The van der Waals surface area contributed by atoms with E-state index in [1.54, 1.807) is 0 Å². The lowest BCUT2D eigenvalue weighted by Crippen LogP contribution is -1.79. The van der Waals surface area contributed by atoms with Crippen LogP contribution < -0.4 is 0 Å².